The molecule has 1 saturated heterocycles. The molecule has 1 aliphatic rings. The van der Waals surface area contributed by atoms with Gasteiger partial charge in [-0.3, -0.25) is 14.5 Å². The standard InChI is InChI=1S/C22H25ClN4O3/c1-14-18(19-21(30-14)25-13-26(2)22(19)29)20(28)24-11-15-7-9-27(10-8-15)12-16-3-5-17(23)6-4-16/h3-6,13,15H,7-12H2,1-2H3,(H,24,28). The van der Waals surface area contributed by atoms with E-state index in [4.69, 9.17) is 16.0 Å². The van der Waals surface area contributed by atoms with E-state index in [0.717, 1.165) is 37.5 Å². The van der Waals surface area contributed by atoms with Gasteiger partial charge in [0.15, 0.2) is 0 Å². The van der Waals surface area contributed by atoms with E-state index in [-0.39, 0.29) is 22.6 Å². The molecule has 4 rings (SSSR count). The summed E-state index contributed by atoms with van der Waals surface area (Å²) in [6.45, 7) is 5.15. The van der Waals surface area contributed by atoms with Crippen molar-refractivity contribution in [3.05, 3.63) is 62.9 Å². The van der Waals surface area contributed by atoms with Gasteiger partial charge >= 0.3 is 0 Å². The Balaban J connectivity index is 1.34. The Bertz CT molecular complexity index is 1110. The summed E-state index contributed by atoms with van der Waals surface area (Å²) in [5.41, 5.74) is 1.47. The molecule has 1 N–H and O–H groups in total. The summed E-state index contributed by atoms with van der Waals surface area (Å²) in [4.78, 5) is 31.8. The lowest BCUT2D eigenvalue weighted by Crippen LogP contribution is -2.38. The van der Waals surface area contributed by atoms with Crippen molar-refractivity contribution in [1.29, 1.82) is 0 Å². The minimum atomic E-state index is -0.280. The molecule has 0 aliphatic carbocycles. The number of carbonyl (C=O) groups excluding carboxylic acids is 1. The fourth-order valence-electron chi connectivity index (χ4n) is 3.98. The second-order valence-corrected chi connectivity index (χ2v) is 8.37. The van der Waals surface area contributed by atoms with Gasteiger partial charge in [0.05, 0.1) is 5.56 Å². The molecule has 30 heavy (non-hydrogen) atoms. The number of rotatable bonds is 5. The highest BCUT2D eigenvalue weighted by Gasteiger charge is 2.24. The Labute approximate surface area is 179 Å². The van der Waals surface area contributed by atoms with Crippen LogP contribution in [0.1, 0.15) is 34.5 Å². The highest BCUT2D eigenvalue weighted by molar-refractivity contribution is 6.30. The molecule has 2 aromatic heterocycles. The minimum absolute atomic E-state index is 0.205. The second kappa shape index (κ2) is 8.62. The van der Waals surface area contributed by atoms with Crippen LogP contribution < -0.4 is 10.9 Å². The fraction of sp³-hybridized carbons (Fsp3) is 0.409. The number of aryl methyl sites for hydroxylation is 2. The molecule has 3 aromatic rings. The summed E-state index contributed by atoms with van der Waals surface area (Å²) in [5.74, 6) is 0.547. The predicted octanol–water partition coefficient (Wildman–Crippen LogP) is 3.13. The fourth-order valence-corrected chi connectivity index (χ4v) is 4.11. The maximum Gasteiger partial charge on any atom is 0.265 e. The van der Waals surface area contributed by atoms with Crippen LogP contribution in [0.2, 0.25) is 5.02 Å². The van der Waals surface area contributed by atoms with Gasteiger partial charge in [0, 0.05) is 25.2 Å². The van der Waals surface area contributed by atoms with Crippen LogP contribution in [-0.4, -0.2) is 40.0 Å². The molecule has 0 unspecified atom stereocenters. The number of likely N-dealkylation sites (tertiary alicyclic amines) is 1. The van der Waals surface area contributed by atoms with Crippen LogP contribution in [0.3, 0.4) is 0 Å². The third-order valence-corrected chi connectivity index (χ3v) is 6.01. The second-order valence-electron chi connectivity index (χ2n) is 7.93. The van der Waals surface area contributed by atoms with Crippen molar-refractivity contribution >= 4 is 28.6 Å². The van der Waals surface area contributed by atoms with Gasteiger partial charge in [0.2, 0.25) is 5.71 Å². The summed E-state index contributed by atoms with van der Waals surface area (Å²) in [7, 11) is 1.61. The molecule has 8 heteroatoms. The van der Waals surface area contributed by atoms with Crippen molar-refractivity contribution < 1.29 is 9.21 Å². The number of aromatic nitrogens is 2. The quantitative estimate of drug-likeness (QED) is 0.675. The van der Waals surface area contributed by atoms with Crippen LogP contribution in [0.15, 0.2) is 39.8 Å². The molecule has 0 saturated carbocycles. The number of benzene rings is 1. The number of nitrogens with one attached hydrogen (secondary N) is 1. The van der Waals surface area contributed by atoms with E-state index < -0.39 is 0 Å². The van der Waals surface area contributed by atoms with E-state index in [2.05, 4.69) is 27.3 Å². The third-order valence-electron chi connectivity index (χ3n) is 5.75. The van der Waals surface area contributed by atoms with E-state index in [1.807, 2.05) is 12.1 Å². The molecule has 1 aromatic carbocycles. The summed E-state index contributed by atoms with van der Waals surface area (Å²) >= 11 is 5.95. The monoisotopic (exact) mass is 428 g/mol. The molecule has 3 heterocycles. The average Bonchev–Trinajstić information content (AvgIpc) is 3.08. The highest BCUT2D eigenvalue weighted by Crippen LogP contribution is 2.22. The van der Waals surface area contributed by atoms with E-state index >= 15 is 0 Å². The lowest BCUT2D eigenvalue weighted by atomic mass is 9.96. The Morgan fingerprint density at radius 2 is 1.97 bits per heavy atom. The number of nitrogens with zero attached hydrogens (tertiary/aromatic N) is 3. The van der Waals surface area contributed by atoms with Gasteiger partial charge in [-0.2, -0.15) is 0 Å². The van der Waals surface area contributed by atoms with Crippen LogP contribution in [0.5, 0.6) is 0 Å². The largest absolute Gasteiger partial charge is 0.442 e. The van der Waals surface area contributed by atoms with Gasteiger partial charge in [0.25, 0.3) is 11.5 Å². The zero-order chi connectivity index (χ0) is 21.3. The van der Waals surface area contributed by atoms with Crippen LogP contribution in [0, 0.1) is 12.8 Å². The zero-order valence-corrected chi connectivity index (χ0v) is 17.9. The molecule has 0 spiro atoms. The molecule has 0 atom stereocenters. The van der Waals surface area contributed by atoms with Crippen molar-refractivity contribution in [3.8, 4) is 0 Å². The average molecular weight is 429 g/mol. The van der Waals surface area contributed by atoms with Crippen LogP contribution in [0.25, 0.3) is 11.1 Å². The molecule has 158 valence electrons. The first-order valence-electron chi connectivity index (χ1n) is 10.1. The number of carbonyl (C=O) groups is 1. The van der Waals surface area contributed by atoms with Gasteiger partial charge in [-0.25, -0.2) is 4.98 Å². The lowest BCUT2D eigenvalue weighted by molar-refractivity contribution is 0.0935. The van der Waals surface area contributed by atoms with Gasteiger partial charge in [-0.15, -0.1) is 0 Å². The minimum Gasteiger partial charge on any atom is -0.442 e. The molecule has 1 fully saturated rings. The maximum atomic E-state index is 12.8. The van der Waals surface area contributed by atoms with Gasteiger partial charge < -0.3 is 14.3 Å². The third kappa shape index (κ3) is 4.27. The lowest BCUT2D eigenvalue weighted by Gasteiger charge is -2.32. The maximum absolute atomic E-state index is 12.8. The normalized spacial score (nSPS) is 15.6. The van der Waals surface area contributed by atoms with Crippen molar-refractivity contribution in [2.45, 2.75) is 26.3 Å². The molecule has 0 bridgehead atoms. The first-order valence-corrected chi connectivity index (χ1v) is 10.5. The van der Waals surface area contributed by atoms with Crippen molar-refractivity contribution in [3.63, 3.8) is 0 Å². The first kappa shape index (κ1) is 20.6. The predicted molar refractivity (Wildman–Crippen MR) is 116 cm³/mol. The summed E-state index contributed by atoms with van der Waals surface area (Å²) in [6.07, 6.45) is 3.43. The van der Waals surface area contributed by atoms with E-state index in [0.29, 0.717) is 23.8 Å². The van der Waals surface area contributed by atoms with Gasteiger partial charge in [0.1, 0.15) is 17.5 Å². The topological polar surface area (TPSA) is 80.4 Å². The van der Waals surface area contributed by atoms with Crippen LogP contribution in [-0.2, 0) is 13.6 Å². The van der Waals surface area contributed by atoms with Crippen LogP contribution in [0.4, 0.5) is 0 Å². The zero-order valence-electron chi connectivity index (χ0n) is 17.2. The van der Waals surface area contributed by atoms with Crippen LogP contribution >= 0.6 is 11.6 Å². The molecule has 7 nitrogen and oxygen atoms in total. The van der Waals surface area contributed by atoms with Gasteiger partial charge in [-0.1, -0.05) is 23.7 Å². The van der Waals surface area contributed by atoms with Crippen molar-refractivity contribution in [2.75, 3.05) is 19.6 Å². The summed E-state index contributed by atoms with van der Waals surface area (Å²) < 4.78 is 6.88. The summed E-state index contributed by atoms with van der Waals surface area (Å²) in [5, 5.41) is 3.99. The number of piperidine rings is 1. The van der Waals surface area contributed by atoms with Crippen molar-refractivity contribution in [1.82, 2.24) is 19.8 Å². The molecule has 0 radical (unpaired) electrons. The van der Waals surface area contributed by atoms with Crippen molar-refractivity contribution in [2.24, 2.45) is 13.0 Å². The SMILES string of the molecule is Cc1oc2ncn(C)c(=O)c2c1C(=O)NCC1CCN(Cc2ccc(Cl)cc2)CC1. The Morgan fingerprint density at radius 1 is 1.27 bits per heavy atom. The van der Waals surface area contributed by atoms with E-state index in [1.165, 1.54) is 16.5 Å². The Morgan fingerprint density at radius 3 is 2.67 bits per heavy atom. The number of hydrogen-bond acceptors (Lipinski definition) is 5. The number of furan rings is 1. The number of hydrogen-bond donors (Lipinski definition) is 1. The number of fused-ring (bicyclic) bond motifs is 1. The van der Waals surface area contributed by atoms with E-state index in [1.54, 1.807) is 14.0 Å². The van der Waals surface area contributed by atoms with Gasteiger partial charge in [-0.05, 0) is 56.5 Å². The summed E-state index contributed by atoms with van der Waals surface area (Å²) in [6, 6.07) is 7.96. The molecular weight excluding hydrogens is 404 g/mol. The first-order chi connectivity index (χ1) is 14.4. The molecular formula is C22H25ClN4O3. The molecule has 1 amide bonds. The molecule has 1 aliphatic heterocycles. The Kier molecular flexibility index (Phi) is 5.92. The smallest absolute Gasteiger partial charge is 0.265 e. The number of amides is 1. The Hall–Kier alpha value is -2.64. The van der Waals surface area contributed by atoms with E-state index in [9.17, 15) is 9.59 Å². The highest BCUT2D eigenvalue weighted by atomic mass is 35.5. The number of halogens is 1.